The predicted molar refractivity (Wildman–Crippen MR) is 60.0 cm³/mol. The fraction of sp³-hybridized carbons (Fsp3) is 0.333. The molecule has 0 bridgehead atoms. The van der Waals surface area contributed by atoms with Crippen molar-refractivity contribution in [3.05, 3.63) is 34.9 Å². The zero-order valence-electron chi connectivity index (χ0n) is 8.79. The average Bonchev–Trinajstić information content (AvgIpc) is 2.13. The Morgan fingerprint density at radius 1 is 1.27 bits per heavy atom. The number of Topliss-reactive ketones (excluding diaryl/α,β-unsaturated/α-hetero) is 2. The zero-order chi connectivity index (χ0) is 11.4. The summed E-state index contributed by atoms with van der Waals surface area (Å²) in [6, 6.07) is 7.22. The van der Waals surface area contributed by atoms with Crippen LogP contribution in [-0.4, -0.2) is 11.6 Å². The lowest BCUT2D eigenvalue weighted by atomic mass is 9.93. The average molecular weight is 225 g/mol. The molecule has 0 radical (unpaired) electrons. The molecule has 1 aromatic carbocycles. The lowest BCUT2D eigenvalue weighted by Crippen LogP contribution is -2.21. The van der Waals surface area contributed by atoms with Gasteiger partial charge in [-0.05, 0) is 38.0 Å². The summed E-state index contributed by atoms with van der Waals surface area (Å²) in [4.78, 5) is 22.4. The number of hydrogen-bond donors (Lipinski definition) is 0. The molecule has 3 heteroatoms. The molecule has 0 amide bonds. The first kappa shape index (κ1) is 11.9. The van der Waals surface area contributed by atoms with Crippen LogP contribution in [0.2, 0.25) is 5.02 Å². The fourth-order valence-electron chi connectivity index (χ4n) is 1.47. The Bertz CT molecular complexity index is 371. The summed E-state index contributed by atoms with van der Waals surface area (Å²) in [5, 5.41) is 0.623. The molecular weight excluding hydrogens is 212 g/mol. The topological polar surface area (TPSA) is 34.1 Å². The third-order valence-corrected chi connectivity index (χ3v) is 2.55. The van der Waals surface area contributed by atoms with E-state index in [0.717, 1.165) is 5.56 Å². The van der Waals surface area contributed by atoms with E-state index in [4.69, 9.17) is 11.6 Å². The van der Waals surface area contributed by atoms with Gasteiger partial charge in [-0.1, -0.05) is 23.7 Å². The summed E-state index contributed by atoms with van der Waals surface area (Å²) in [6.07, 6.45) is 0.436. The Kier molecular flexibility index (Phi) is 4.04. The van der Waals surface area contributed by atoms with Crippen LogP contribution in [0.25, 0.3) is 0 Å². The van der Waals surface area contributed by atoms with Crippen LogP contribution in [0.15, 0.2) is 24.3 Å². The van der Waals surface area contributed by atoms with Crippen LogP contribution in [0, 0.1) is 5.92 Å². The van der Waals surface area contributed by atoms with Crippen LogP contribution in [-0.2, 0) is 16.0 Å². The van der Waals surface area contributed by atoms with E-state index in [2.05, 4.69) is 0 Å². The van der Waals surface area contributed by atoms with Crippen molar-refractivity contribution in [2.24, 2.45) is 5.92 Å². The Morgan fingerprint density at radius 3 is 2.33 bits per heavy atom. The van der Waals surface area contributed by atoms with E-state index in [1.807, 2.05) is 12.1 Å². The van der Waals surface area contributed by atoms with Crippen molar-refractivity contribution in [2.75, 3.05) is 0 Å². The SMILES string of the molecule is CC(=O)C(Cc1cccc(Cl)c1)C(C)=O. The number of carbonyl (C=O) groups excluding carboxylic acids is 2. The summed E-state index contributed by atoms with van der Waals surface area (Å²) < 4.78 is 0. The number of benzene rings is 1. The molecule has 15 heavy (non-hydrogen) atoms. The first-order valence-electron chi connectivity index (χ1n) is 4.76. The normalized spacial score (nSPS) is 10.4. The molecular formula is C12H13ClO2. The van der Waals surface area contributed by atoms with Gasteiger partial charge >= 0.3 is 0 Å². The molecule has 0 spiro atoms. The van der Waals surface area contributed by atoms with Gasteiger partial charge in [0.05, 0.1) is 5.92 Å². The molecule has 0 aliphatic rings. The number of hydrogen-bond acceptors (Lipinski definition) is 2. The van der Waals surface area contributed by atoms with Crippen LogP contribution in [0.5, 0.6) is 0 Å². The van der Waals surface area contributed by atoms with Gasteiger partial charge in [-0.2, -0.15) is 0 Å². The maximum Gasteiger partial charge on any atom is 0.140 e. The molecule has 0 unspecified atom stereocenters. The van der Waals surface area contributed by atoms with E-state index < -0.39 is 5.92 Å². The molecule has 2 nitrogen and oxygen atoms in total. The molecule has 80 valence electrons. The monoisotopic (exact) mass is 224 g/mol. The van der Waals surface area contributed by atoms with Crippen molar-refractivity contribution in [2.45, 2.75) is 20.3 Å². The molecule has 0 saturated carbocycles. The van der Waals surface area contributed by atoms with Crippen LogP contribution in [0.4, 0.5) is 0 Å². The third-order valence-electron chi connectivity index (χ3n) is 2.31. The second-order valence-electron chi connectivity index (χ2n) is 3.61. The molecule has 0 aliphatic heterocycles. The zero-order valence-corrected chi connectivity index (χ0v) is 9.54. The largest absolute Gasteiger partial charge is 0.299 e. The van der Waals surface area contributed by atoms with Gasteiger partial charge in [-0.15, -0.1) is 0 Å². The standard InChI is InChI=1S/C12H13ClO2/c1-8(14)12(9(2)15)7-10-4-3-5-11(13)6-10/h3-6,12H,7H2,1-2H3. The molecule has 0 saturated heterocycles. The predicted octanol–water partition coefficient (Wildman–Crippen LogP) is 2.68. The van der Waals surface area contributed by atoms with Gasteiger partial charge in [-0.25, -0.2) is 0 Å². The van der Waals surface area contributed by atoms with Crippen LogP contribution >= 0.6 is 11.6 Å². The van der Waals surface area contributed by atoms with E-state index in [1.165, 1.54) is 13.8 Å². The Hall–Kier alpha value is -1.15. The van der Waals surface area contributed by atoms with Crippen molar-refractivity contribution in [3.8, 4) is 0 Å². The highest BCUT2D eigenvalue weighted by Crippen LogP contribution is 2.15. The number of ketones is 2. The fourth-order valence-corrected chi connectivity index (χ4v) is 1.69. The van der Waals surface area contributed by atoms with E-state index in [0.29, 0.717) is 11.4 Å². The van der Waals surface area contributed by atoms with E-state index in [1.54, 1.807) is 12.1 Å². The Balaban J connectivity index is 2.83. The summed E-state index contributed by atoms with van der Waals surface area (Å²) >= 11 is 5.82. The minimum absolute atomic E-state index is 0.0949. The van der Waals surface area contributed by atoms with Crippen molar-refractivity contribution in [3.63, 3.8) is 0 Å². The first-order chi connectivity index (χ1) is 7.00. The highest BCUT2D eigenvalue weighted by molar-refractivity contribution is 6.30. The number of rotatable bonds is 4. The number of halogens is 1. The molecule has 0 fully saturated rings. The maximum atomic E-state index is 11.2. The van der Waals surface area contributed by atoms with Gasteiger partial charge in [0.2, 0.25) is 0 Å². The third kappa shape index (κ3) is 3.48. The Morgan fingerprint density at radius 2 is 1.87 bits per heavy atom. The van der Waals surface area contributed by atoms with Crippen molar-refractivity contribution in [1.82, 2.24) is 0 Å². The quantitative estimate of drug-likeness (QED) is 0.737. The first-order valence-corrected chi connectivity index (χ1v) is 5.14. The molecule has 0 heterocycles. The minimum Gasteiger partial charge on any atom is -0.299 e. The number of carbonyl (C=O) groups is 2. The van der Waals surface area contributed by atoms with Crippen LogP contribution in [0.3, 0.4) is 0 Å². The molecule has 0 atom stereocenters. The van der Waals surface area contributed by atoms with Gasteiger partial charge in [-0.3, -0.25) is 9.59 Å². The maximum absolute atomic E-state index is 11.2. The second-order valence-corrected chi connectivity index (χ2v) is 4.04. The summed E-state index contributed by atoms with van der Waals surface area (Å²) in [7, 11) is 0. The van der Waals surface area contributed by atoms with Crippen LogP contribution in [0.1, 0.15) is 19.4 Å². The summed E-state index contributed by atoms with van der Waals surface area (Å²) in [6.45, 7) is 2.88. The van der Waals surface area contributed by atoms with Gasteiger partial charge < -0.3 is 0 Å². The van der Waals surface area contributed by atoms with E-state index in [-0.39, 0.29) is 11.6 Å². The van der Waals surface area contributed by atoms with Gasteiger partial charge in [0.25, 0.3) is 0 Å². The molecule has 1 aromatic rings. The highest BCUT2D eigenvalue weighted by atomic mass is 35.5. The van der Waals surface area contributed by atoms with Gasteiger partial charge in [0.15, 0.2) is 0 Å². The van der Waals surface area contributed by atoms with Crippen LogP contribution < -0.4 is 0 Å². The van der Waals surface area contributed by atoms with E-state index >= 15 is 0 Å². The lowest BCUT2D eigenvalue weighted by Gasteiger charge is -2.09. The van der Waals surface area contributed by atoms with Crippen molar-refractivity contribution >= 4 is 23.2 Å². The molecule has 0 N–H and O–H groups in total. The van der Waals surface area contributed by atoms with E-state index in [9.17, 15) is 9.59 Å². The van der Waals surface area contributed by atoms with Gasteiger partial charge in [0.1, 0.15) is 11.6 Å². The van der Waals surface area contributed by atoms with Crippen molar-refractivity contribution in [1.29, 1.82) is 0 Å². The highest BCUT2D eigenvalue weighted by Gasteiger charge is 2.19. The smallest absolute Gasteiger partial charge is 0.140 e. The Labute approximate surface area is 94.2 Å². The molecule has 0 aliphatic carbocycles. The lowest BCUT2D eigenvalue weighted by molar-refractivity contribution is -0.130. The van der Waals surface area contributed by atoms with Gasteiger partial charge in [0, 0.05) is 5.02 Å². The minimum atomic E-state index is -0.538. The van der Waals surface area contributed by atoms with Crippen molar-refractivity contribution < 1.29 is 9.59 Å². The second kappa shape index (κ2) is 5.08. The summed E-state index contributed by atoms with van der Waals surface area (Å²) in [5.41, 5.74) is 0.915. The molecule has 1 rings (SSSR count). The molecule has 0 aromatic heterocycles. The summed E-state index contributed by atoms with van der Waals surface area (Å²) in [5.74, 6) is -0.728.